The number of nitrogens with zero attached hydrogens (tertiary/aromatic N) is 4. The Hall–Kier alpha value is -4.04. The van der Waals surface area contributed by atoms with Gasteiger partial charge in [0.15, 0.2) is 5.82 Å². The van der Waals surface area contributed by atoms with E-state index in [0.717, 1.165) is 34.6 Å². The standard InChI is InChI=1S/C26H25ClN6O2/c1-4-17-8-11-20(31-23-12-16(3)29-15-30-23)13-22(17)32-25-21(26(34)35-5-2)14-28-24(33-25)18-6-9-19(27)10-7-18/h6-15H,4-5H2,1-3H3,(H,28,32,33)(H,29,30,31). The summed E-state index contributed by atoms with van der Waals surface area (Å²) in [6.45, 7) is 5.97. The number of carbonyl (C=O) groups excluding carboxylic acids is 1. The molecule has 2 aromatic heterocycles. The van der Waals surface area contributed by atoms with Crippen LogP contribution in [0.25, 0.3) is 11.4 Å². The number of nitrogens with one attached hydrogen (secondary N) is 2. The number of anilines is 4. The van der Waals surface area contributed by atoms with Gasteiger partial charge in [-0.15, -0.1) is 0 Å². The van der Waals surface area contributed by atoms with Crippen LogP contribution in [0.5, 0.6) is 0 Å². The topological polar surface area (TPSA) is 102 Å². The molecule has 0 spiro atoms. The second-order valence-corrected chi connectivity index (χ2v) is 8.14. The first kappa shape index (κ1) is 24.1. The lowest BCUT2D eigenvalue weighted by Crippen LogP contribution is -2.11. The van der Waals surface area contributed by atoms with Crippen LogP contribution in [-0.4, -0.2) is 32.5 Å². The van der Waals surface area contributed by atoms with Crippen LogP contribution in [0.1, 0.15) is 35.5 Å². The van der Waals surface area contributed by atoms with E-state index in [0.29, 0.717) is 22.5 Å². The van der Waals surface area contributed by atoms with Gasteiger partial charge >= 0.3 is 5.97 Å². The Morgan fingerprint density at radius 1 is 1.00 bits per heavy atom. The third-order valence-corrected chi connectivity index (χ3v) is 5.46. The number of halogens is 1. The average molecular weight is 489 g/mol. The molecule has 0 radical (unpaired) electrons. The quantitative estimate of drug-likeness (QED) is 0.286. The maximum absolute atomic E-state index is 12.7. The fourth-order valence-corrected chi connectivity index (χ4v) is 3.58. The van der Waals surface area contributed by atoms with Gasteiger partial charge in [-0.2, -0.15) is 0 Å². The average Bonchev–Trinajstić information content (AvgIpc) is 2.85. The molecule has 0 amide bonds. The van der Waals surface area contributed by atoms with E-state index in [1.54, 1.807) is 19.1 Å². The highest BCUT2D eigenvalue weighted by atomic mass is 35.5. The van der Waals surface area contributed by atoms with Crippen molar-refractivity contribution in [3.05, 3.63) is 82.9 Å². The number of hydrogen-bond acceptors (Lipinski definition) is 8. The molecular formula is C26H25ClN6O2. The minimum atomic E-state index is -0.499. The van der Waals surface area contributed by atoms with Crippen LogP contribution < -0.4 is 10.6 Å². The molecule has 2 N–H and O–H groups in total. The second kappa shape index (κ2) is 10.9. The predicted molar refractivity (Wildman–Crippen MR) is 138 cm³/mol. The van der Waals surface area contributed by atoms with Crippen LogP contribution in [0.15, 0.2) is 61.1 Å². The number of aryl methyl sites for hydroxylation is 2. The van der Waals surface area contributed by atoms with Crippen molar-refractivity contribution < 1.29 is 9.53 Å². The summed E-state index contributed by atoms with van der Waals surface area (Å²) >= 11 is 6.03. The molecule has 2 aromatic carbocycles. The summed E-state index contributed by atoms with van der Waals surface area (Å²) in [7, 11) is 0. The summed E-state index contributed by atoms with van der Waals surface area (Å²) in [6, 6.07) is 15.0. The second-order valence-electron chi connectivity index (χ2n) is 7.70. The zero-order chi connectivity index (χ0) is 24.8. The van der Waals surface area contributed by atoms with E-state index in [9.17, 15) is 4.79 Å². The maximum atomic E-state index is 12.7. The van der Waals surface area contributed by atoms with Crippen molar-refractivity contribution in [3.63, 3.8) is 0 Å². The zero-order valence-electron chi connectivity index (χ0n) is 19.7. The van der Waals surface area contributed by atoms with Crippen molar-refractivity contribution >= 4 is 40.6 Å². The Morgan fingerprint density at radius 2 is 1.80 bits per heavy atom. The molecule has 0 aliphatic rings. The van der Waals surface area contributed by atoms with Crippen molar-refractivity contribution in [3.8, 4) is 11.4 Å². The highest BCUT2D eigenvalue weighted by molar-refractivity contribution is 6.30. The van der Waals surface area contributed by atoms with Crippen LogP contribution in [0.4, 0.5) is 23.0 Å². The lowest BCUT2D eigenvalue weighted by Gasteiger charge is -2.16. The van der Waals surface area contributed by atoms with Gasteiger partial charge in [0.2, 0.25) is 0 Å². The summed E-state index contributed by atoms with van der Waals surface area (Å²) in [5.41, 5.74) is 4.56. The fourth-order valence-electron chi connectivity index (χ4n) is 3.45. The highest BCUT2D eigenvalue weighted by Crippen LogP contribution is 2.29. The van der Waals surface area contributed by atoms with E-state index in [-0.39, 0.29) is 12.2 Å². The normalized spacial score (nSPS) is 10.6. The van der Waals surface area contributed by atoms with Crippen LogP contribution in [0.3, 0.4) is 0 Å². The first-order valence-corrected chi connectivity index (χ1v) is 11.6. The van der Waals surface area contributed by atoms with Crippen LogP contribution in [-0.2, 0) is 11.2 Å². The fraction of sp³-hybridized carbons (Fsp3) is 0.192. The summed E-state index contributed by atoms with van der Waals surface area (Å²) in [4.78, 5) is 30.1. The minimum absolute atomic E-state index is 0.245. The highest BCUT2D eigenvalue weighted by Gasteiger charge is 2.18. The molecule has 0 saturated carbocycles. The van der Waals surface area contributed by atoms with Crippen LogP contribution in [0.2, 0.25) is 5.02 Å². The van der Waals surface area contributed by atoms with Gasteiger partial charge in [0, 0.05) is 39.9 Å². The number of aromatic nitrogens is 4. The van der Waals surface area contributed by atoms with Gasteiger partial charge in [0.1, 0.15) is 23.5 Å². The lowest BCUT2D eigenvalue weighted by atomic mass is 10.1. The van der Waals surface area contributed by atoms with Crippen LogP contribution in [0, 0.1) is 6.92 Å². The van der Waals surface area contributed by atoms with Gasteiger partial charge in [0.05, 0.1) is 6.61 Å². The van der Waals surface area contributed by atoms with Gasteiger partial charge in [-0.3, -0.25) is 0 Å². The van der Waals surface area contributed by atoms with Crippen molar-refractivity contribution in [2.24, 2.45) is 0 Å². The number of hydrogen-bond donors (Lipinski definition) is 2. The van der Waals surface area contributed by atoms with Crippen molar-refractivity contribution in [1.29, 1.82) is 0 Å². The first-order valence-electron chi connectivity index (χ1n) is 11.2. The van der Waals surface area contributed by atoms with Crippen LogP contribution >= 0.6 is 11.6 Å². The molecule has 0 fully saturated rings. The molecule has 4 aromatic rings. The number of esters is 1. The summed E-state index contributed by atoms with van der Waals surface area (Å²) in [5.74, 6) is 1.00. The zero-order valence-corrected chi connectivity index (χ0v) is 20.4. The SMILES string of the molecule is CCOC(=O)c1cnc(-c2ccc(Cl)cc2)nc1Nc1cc(Nc2cc(C)ncn2)ccc1CC. The molecule has 9 heteroatoms. The van der Waals surface area contributed by atoms with Gasteiger partial charge in [-0.05, 0) is 62.2 Å². The minimum Gasteiger partial charge on any atom is -0.462 e. The number of benzene rings is 2. The Kier molecular flexibility index (Phi) is 7.52. The first-order chi connectivity index (χ1) is 17.0. The Morgan fingerprint density at radius 3 is 2.51 bits per heavy atom. The van der Waals surface area contributed by atoms with Gasteiger partial charge in [-0.25, -0.2) is 24.7 Å². The molecule has 178 valence electrons. The number of ether oxygens (including phenoxy) is 1. The molecule has 0 aliphatic heterocycles. The van der Waals surface area contributed by atoms with Crippen molar-refractivity contribution in [2.75, 3.05) is 17.2 Å². The molecule has 0 bridgehead atoms. The van der Waals surface area contributed by atoms with Gasteiger partial charge < -0.3 is 15.4 Å². The Balaban J connectivity index is 1.73. The van der Waals surface area contributed by atoms with Crippen molar-refractivity contribution in [1.82, 2.24) is 19.9 Å². The summed E-state index contributed by atoms with van der Waals surface area (Å²) in [6.07, 6.45) is 3.77. The van der Waals surface area contributed by atoms with E-state index in [1.165, 1.54) is 12.5 Å². The van der Waals surface area contributed by atoms with E-state index < -0.39 is 5.97 Å². The summed E-state index contributed by atoms with van der Waals surface area (Å²) in [5, 5.41) is 7.25. The largest absolute Gasteiger partial charge is 0.462 e. The third kappa shape index (κ3) is 5.91. The van der Waals surface area contributed by atoms with E-state index in [4.69, 9.17) is 16.3 Å². The predicted octanol–water partition coefficient (Wildman–Crippen LogP) is 6.12. The Labute approximate surface area is 208 Å². The molecular weight excluding hydrogens is 464 g/mol. The third-order valence-electron chi connectivity index (χ3n) is 5.21. The molecule has 35 heavy (non-hydrogen) atoms. The smallest absolute Gasteiger partial charge is 0.343 e. The maximum Gasteiger partial charge on any atom is 0.343 e. The molecule has 4 rings (SSSR count). The molecule has 0 saturated heterocycles. The van der Waals surface area contributed by atoms with E-state index >= 15 is 0 Å². The van der Waals surface area contributed by atoms with Crippen molar-refractivity contribution in [2.45, 2.75) is 27.2 Å². The summed E-state index contributed by atoms with van der Waals surface area (Å²) < 4.78 is 5.24. The van der Waals surface area contributed by atoms with Gasteiger partial charge in [-0.1, -0.05) is 24.6 Å². The number of carbonyl (C=O) groups is 1. The molecule has 8 nitrogen and oxygen atoms in total. The number of rotatable bonds is 8. The monoisotopic (exact) mass is 488 g/mol. The molecule has 2 heterocycles. The van der Waals surface area contributed by atoms with E-state index in [2.05, 4.69) is 37.5 Å². The Bertz CT molecular complexity index is 1340. The van der Waals surface area contributed by atoms with Gasteiger partial charge in [0.25, 0.3) is 0 Å². The molecule has 0 unspecified atom stereocenters. The molecule has 0 atom stereocenters. The molecule has 0 aliphatic carbocycles. The lowest BCUT2D eigenvalue weighted by molar-refractivity contribution is 0.0526. The van der Waals surface area contributed by atoms with E-state index in [1.807, 2.05) is 43.3 Å².